The molecule has 29 heavy (non-hydrogen) atoms. The van der Waals surface area contributed by atoms with Crippen LogP contribution < -0.4 is 10.6 Å². The molecule has 1 aromatic heterocycles. The van der Waals surface area contributed by atoms with Crippen molar-refractivity contribution in [2.45, 2.75) is 30.3 Å². The predicted molar refractivity (Wildman–Crippen MR) is 113 cm³/mol. The van der Waals surface area contributed by atoms with Crippen molar-refractivity contribution in [1.82, 2.24) is 14.8 Å². The number of nitrogens with zero attached hydrogens (tertiary/aromatic N) is 3. The van der Waals surface area contributed by atoms with Crippen molar-refractivity contribution in [3.8, 4) is 0 Å². The Balaban J connectivity index is 1.53. The van der Waals surface area contributed by atoms with Crippen LogP contribution in [0.25, 0.3) is 0 Å². The Kier molecular flexibility index (Phi) is 5.55. The van der Waals surface area contributed by atoms with Gasteiger partial charge in [-0.05, 0) is 30.2 Å². The number of aromatic nitrogens is 3. The third kappa shape index (κ3) is 4.44. The number of thioether (sulfide) groups is 1. The van der Waals surface area contributed by atoms with Crippen molar-refractivity contribution in [3.05, 3.63) is 64.7 Å². The van der Waals surface area contributed by atoms with E-state index in [-0.39, 0.29) is 24.2 Å². The van der Waals surface area contributed by atoms with Crippen LogP contribution in [-0.4, -0.2) is 26.6 Å². The Hall–Kier alpha value is -2.84. The minimum absolute atomic E-state index is 0.00933. The van der Waals surface area contributed by atoms with E-state index in [1.165, 1.54) is 16.4 Å². The van der Waals surface area contributed by atoms with Crippen molar-refractivity contribution >= 4 is 46.8 Å². The van der Waals surface area contributed by atoms with Gasteiger partial charge < -0.3 is 5.32 Å². The highest BCUT2D eigenvalue weighted by Gasteiger charge is 2.33. The normalized spacial score (nSPS) is 15.5. The summed E-state index contributed by atoms with van der Waals surface area (Å²) in [6, 6.07) is 14.4. The van der Waals surface area contributed by atoms with Crippen molar-refractivity contribution in [1.29, 1.82) is 0 Å². The largest absolute Gasteiger partial charge is 0.324 e. The van der Waals surface area contributed by atoms with Gasteiger partial charge in [-0.25, -0.2) is 4.68 Å². The van der Waals surface area contributed by atoms with Crippen molar-refractivity contribution in [2.75, 3.05) is 10.6 Å². The van der Waals surface area contributed by atoms with E-state index in [0.717, 1.165) is 11.1 Å². The van der Waals surface area contributed by atoms with E-state index in [9.17, 15) is 9.59 Å². The highest BCUT2D eigenvalue weighted by Crippen LogP contribution is 2.29. The zero-order chi connectivity index (χ0) is 20.4. The van der Waals surface area contributed by atoms with Crippen LogP contribution in [0.5, 0.6) is 0 Å². The second kappa shape index (κ2) is 8.26. The maximum Gasteiger partial charge on any atom is 0.249 e. The molecule has 0 saturated carbocycles. The van der Waals surface area contributed by atoms with E-state index in [0.29, 0.717) is 21.6 Å². The minimum atomic E-state index is -0.782. The summed E-state index contributed by atoms with van der Waals surface area (Å²) in [7, 11) is 0. The first kappa shape index (κ1) is 19.5. The summed E-state index contributed by atoms with van der Waals surface area (Å²) in [6.07, 6.45) is -0.00933. The number of aryl methyl sites for hydroxylation is 1. The van der Waals surface area contributed by atoms with E-state index < -0.39 is 6.04 Å². The van der Waals surface area contributed by atoms with Crippen LogP contribution in [0.4, 0.5) is 11.6 Å². The fourth-order valence-electron chi connectivity index (χ4n) is 2.98. The molecule has 1 atom stereocenters. The monoisotopic (exact) mass is 427 g/mol. The van der Waals surface area contributed by atoms with Crippen LogP contribution in [0.2, 0.25) is 5.02 Å². The molecule has 4 rings (SSSR count). The maximum atomic E-state index is 12.9. The molecule has 2 N–H and O–H groups in total. The molecule has 0 spiro atoms. The molecule has 148 valence electrons. The number of rotatable bonds is 5. The van der Waals surface area contributed by atoms with Gasteiger partial charge in [-0.15, -0.1) is 5.10 Å². The summed E-state index contributed by atoms with van der Waals surface area (Å²) in [5.41, 5.74) is 2.62. The van der Waals surface area contributed by atoms with Crippen LogP contribution in [0.15, 0.2) is 53.7 Å². The molecule has 2 aromatic carbocycles. The summed E-state index contributed by atoms with van der Waals surface area (Å²) in [5.74, 6) is 0.361. The number of fused-ring (bicyclic) bond motifs is 1. The minimum Gasteiger partial charge on any atom is -0.324 e. The summed E-state index contributed by atoms with van der Waals surface area (Å²) in [6.45, 7) is 1.87. The smallest absolute Gasteiger partial charge is 0.249 e. The van der Waals surface area contributed by atoms with Crippen molar-refractivity contribution in [3.63, 3.8) is 0 Å². The van der Waals surface area contributed by atoms with E-state index in [1.54, 1.807) is 12.1 Å². The van der Waals surface area contributed by atoms with E-state index >= 15 is 0 Å². The number of amides is 2. The van der Waals surface area contributed by atoms with Crippen molar-refractivity contribution in [2.24, 2.45) is 0 Å². The molecule has 1 aliphatic rings. The Morgan fingerprint density at radius 2 is 2.10 bits per heavy atom. The quantitative estimate of drug-likeness (QED) is 0.599. The summed E-state index contributed by atoms with van der Waals surface area (Å²) < 4.78 is 1.48. The van der Waals surface area contributed by atoms with Gasteiger partial charge in [0.25, 0.3) is 0 Å². The van der Waals surface area contributed by atoms with Gasteiger partial charge in [0.2, 0.25) is 22.9 Å². The highest BCUT2D eigenvalue weighted by molar-refractivity contribution is 7.98. The number of carbonyl (C=O) groups excluding carboxylic acids is 2. The average molecular weight is 428 g/mol. The number of hydrogen-bond donors (Lipinski definition) is 2. The molecule has 7 nitrogen and oxygen atoms in total. The summed E-state index contributed by atoms with van der Waals surface area (Å²) in [5, 5.41) is 11.0. The van der Waals surface area contributed by atoms with Gasteiger partial charge >= 0.3 is 0 Å². The van der Waals surface area contributed by atoms with Gasteiger partial charge in [0.05, 0.1) is 6.42 Å². The molecule has 3 aromatic rings. The molecule has 2 amide bonds. The first-order chi connectivity index (χ1) is 14.0. The first-order valence-corrected chi connectivity index (χ1v) is 10.4. The lowest BCUT2D eigenvalue weighted by Crippen LogP contribution is -2.36. The van der Waals surface area contributed by atoms with Gasteiger partial charge in [0, 0.05) is 16.5 Å². The number of halogens is 1. The maximum absolute atomic E-state index is 12.9. The van der Waals surface area contributed by atoms with E-state index in [2.05, 4.69) is 20.7 Å². The van der Waals surface area contributed by atoms with Gasteiger partial charge in [0.1, 0.15) is 6.04 Å². The molecule has 0 bridgehead atoms. The van der Waals surface area contributed by atoms with Gasteiger partial charge in [-0.1, -0.05) is 59.8 Å². The number of nitrogens with one attached hydrogen (secondary N) is 2. The second-order valence-corrected chi connectivity index (χ2v) is 8.03. The lowest BCUT2D eigenvalue weighted by molar-refractivity contribution is -0.125. The third-order valence-corrected chi connectivity index (χ3v) is 5.65. The second-order valence-electron chi connectivity index (χ2n) is 6.65. The first-order valence-electron chi connectivity index (χ1n) is 9.00. The number of carbonyl (C=O) groups is 2. The SMILES string of the molecule is Cc1ccc(Cl)cc1NC(=O)C1CC(=O)Nc2nc(SCc3ccccc3)nn21. The Labute approximate surface area is 176 Å². The lowest BCUT2D eigenvalue weighted by Gasteiger charge is -2.22. The number of anilines is 2. The number of hydrogen-bond acceptors (Lipinski definition) is 5. The van der Waals surface area contributed by atoms with Gasteiger partial charge in [-0.3, -0.25) is 14.9 Å². The molecule has 0 radical (unpaired) electrons. The van der Waals surface area contributed by atoms with Crippen LogP contribution in [-0.2, 0) is 15.3 Å². The van der Waals surface area contributed by atoms with E-state index in [4.69, 9.17) is 11.6 Å². The van der Waals surface area contributed by atoms with Crippen LogP contribution in [0.1, 0.15) is 23.6 Å². The molecule has 0 aliphatic carbocycles. The Morgan fingerprint density at radius 3 is 2.90 bits per heavy atom. The summed E-state index contributed by atoms with van der Waals surface area (Å²) in [4.78, 5) is 29.4. The topological polar surface area (TPSA) is 88.9 Å². The predicted octanol–water partition coefficient (Wildman–Crippen LogP) is 4.05. The fourth-order valence-corrected chi connectivity index (χ4v) is 3.93. The molecule has 0 fully saturated rings. The fraction of sp³-hybridized carbons (Fsp3) is 0.200. The van der Waals surface area contributed by atoms with Crippen molar-refractivity contribution < 1.29 is 9.59 Å². The highest BCUT2D eigenvalue weighted by atomic mass is 35.5. The standard InChI is InChI=1S/C20H18ClN5O2S/c1-12-7-8-14(21)9-15(12)22-18(28)16-10-17(27)23-19-24-20(25-26(16)19)29-11-13-5-3-2-4-6-13/h2-9,16H,10-11H2,1H3,(H,22,28)(H,23,24,25,27). The lowest BCUT2D eigenvalue weighted by atomic mass is 10.1. The molecular formula is C20H18ClN5O2S. The third-order valence-electron chi connectivity index (χ3n) is 4.51. The molecule has 2 heterocycles. The number of benzene rings is 2. The summed E-state index contributed by atoms with van der Waals surface area (Å²) >= 11 is 7.48. The molecular weight excluding hydrogens is 410 g/mol. The van der Waals surface area contributed by atoms with Crippen LogP contribution in [0.3, 0.4) is 0 Å². The Morgan fingerprint density at radius 1 is 1.31 bits per heavy atom. The molecule has 0 saturated heterocycles. The van der Waals surface area contributed by atoms with E-state index in [1.807, 2.05) is 43.3 Å². The molecule has 9 heteroatoms. The zero-order valence-corrected chi connectivity index (χ0v) is 17.1. The molecule has 1 unspecified atom stereocenters. The van der Waals surface area contributed by atoms with Gasteiger partial charge in [0.15, 0.2) is 0 Å². The van der Waals surface area contributed by atoms with Crippen LogP contribution in [0, 0.1) is 6.92 Å². The molecule has 1 aliphatic heterocycles. The van der Waals surface area contributed by atoms with Gasteiger partial charge in [-0.2, -0.15) is 4.98 Å². The zero-order valence-electron chi connectivity index (χ0n) is 15.6. The van der Waals surface area contributed by atoms with Crippen LogP contribution >= 0.6 is 23.4 Å². The Bertz CT molecular complexity index is 1070. The average Bonchev–Trinajstić information content (AvgIpc) is 3.12.